The monoisotopic (exact) mass is 214 g/mol. The topological polar surface area (TPSA) is 20.2 Å². The van der Waals surface area contributed by atoms with E-state index < -0.39 is 5.60 Å². The Bertz CT molecular complexity index is 506. The lowest BCUT2D eigenvalue weighted by molar-refractivity contribution is 0.0802. The molecule has 1 N–H and O–H groups in total. The second-order valence-corrected chi connectivity index (χ2v) is 4.73. The Kier molecular flexibility index (Phi) is 2.73. The fourth-order valence-corrected chi connectivity index (χ4v) is 2.20. The Hall–Kier alpha value is -1.34. The highest BCUT2D eigenvalue weighted by Gasteiger charge is 2.19. The standard InChI is InChI=1S/C15H18O/c1-4-11-9-10-14(15(2,3)16)13-8-6-5-7-12(11)13/h5-10,16H,4H2,1-3H3. The summed E-state index contributed by atoms with van der Waals surface area (Å²) in [7, 11) is 0. The Morgan fingerprint density at radius 1 is 1.00 bits per heavy atom. The summed E-state index contributed by atoms with van der Waals surface area (Å²) in [5.41, 5.74) is 1.55. The lowest BCUT2D eigenvalue weighted by atomic mass is 9.90. The van der Waals surface area contributed by atoms with E-state index in [2.05, 4.69) is 31.2 Å². The van der Waals surface area contributed by atoms with Crippen LogP contribution in [0, 0.1) is 0 Å². The van der Waals surface area contributed by atoms with Gasteiger partial charge in [-0.05, 0) is 42.2 Å². The Balaban J connectivity index is 2.80. The van der Waals surface area contributed by atoms with Crippen LogP contribution in [0.5, 0.6) is 0 Å². The number of hydrogen-bond acceptors (Lipinski definition) is 1. The van der Waals surface area contributed by atoms with E-state index in [0.717, 1.165) is 17.4 Å². The van der Waals surface area contributed by atoms with Crippen molar-refractivity contribution in [2.24, 2.45) is 0 Å². The second kappa shape index (κ2) is 3.91. The van der Waals surface area contributed by atoms with Crippen molar-refractivity contribution in [2.45, 2.75) is 32.8 Å². The lowest BCUT2D eigenvalue weighted by Gasteiger charge is -2.21. The minimum Gasteiger partial charge on any atom is -0.386 e. The molecular formula is C15H18O. The highest BCUT2D eigenvalue weighted by Crippen LogP contribution is 2.30. The van der Waals surface area contributed by atoms with Gasteiger partial charge >= 0.3 is 0 Å². The van der Waals surface area contributed by atoms with Crippen molar-refractivity contribution in [1.82, 2.24) is 0 Å². The summed E-state index contributed by atoms with van der Waals surface area (Å²) in [6, 6.07) is 12.5. The lowest BCUT2D eigenvalue weighted by Crippen LogP contribution is -2.16. The molecule has 0 aliphatic heterocycles. The number of benzene rings is 2. The summed E-state index contributed by atoms with van der Waals surface area (Å²) in [5.74, 6) is 0. The van der Waals surface area contributed by atoms with Crippen LogP contribution in [0.15, 0.2) is 36.4 Å². The first kappa shape index (κ1) is 11.2. The van der Waals surface area contributed by atoms with Gasteiger partial charge in [-0.3, -0.25) is 0 Å². The number of fused-ring (bicyclic) bond motifs is 1. The zero-order chi connectivity index (χ0) is 11.8. The quantitative estimate of drug-likeness (QED) is 0.809. The molecule has 1 heteroatoms. The molecule has 0 atom stereocenters. The van der Waals surface area contributed by atoms with Crippen LogP contribution in [0.3, 0.4) is 0 Å². The third-order valence-electron chi connectivity index (χ3n) is 3.05. The van der Waals surface area contributed by atoms with Crippen molar-refractivity contribution in [1.29, 1.82) is 0 Å². The first-order valence-corrected chi connectivity index (χ1v) is 5.77. The highest BCUT2D eigenvalue weighted by molar-refractivity contribution is 5.89. The fraction of sp³-hybridized carbons (Fsp3) is 0.333. The maximum atomic E-state index is 10.2. The number of hydrogen-bond donors (Lipinski definition) is 1. The average molecular weight is 214 g/mol. The van der Waals surface area contributed by atoms with Crippen molar-refractivity contribution in [3.05, 3.63) is 47.5 Å². The van der Waals surface area contributed by atoms with Gasteiger partial charge in [0.2, 0.25) is 0 Å². The van der Waals surface area contributed by atoms with E-state index >= 15 is 0 Å². The van der Waals surface area contributed by atoms with E-state index in [1.54, 1.807) is 0 Å². The number of rotatable bonds is 2. The van der Waals surface area contributed by atoms with E-state index in [1.165, 1.54) is 10.9 Å². The molecule has 0 saturated heterocycles. The molecular weight excluding hydrogens is 196 g/mol. The summed E-state index contributed by atoms with van der Waals surface area (Å²) in [4.78, 5) is 0. The SMILES string of the molecule is CCc1ccc(C(C)(C)O)c2ccccc12. The molecule has 0 bridgehead atoms. The molecule has 16 heavy (non-hydrogen) atoms. The smallest absolute Gasteiger partial charge is 0.0846 e. The number of aliphatic hydroxyl groups is 1. The Morgan fingerprint density at radius 2 is 1.62 bits per heavy atom. The minimum absolute atomic E-state index is 0.786. The normalized spacial score (nSPS) is 12.0. The van der Waals surface area contributed by atoms with Gasteiger partial charge in [-0.2, -0.15) is 0 Å². The van der Waals surface area contributed by atoms with E-state index in [0.29, 0.717) is 0 Å². The molecule has 2 aromatic carbocycles. The summed E-state index contributed by atoms with van der Waals surface area (Å²) < 4.78 is 0. The molecule has 1 nitrogen and oxygen atoms in total. The molecule has 84 valence electrons. The molecule has 0 saturated carbocycles. The van der Waals surface area contributed by atoms with E-state index in [4.69, 9.17) is 0 Å². The third kappa shape index (κ3) is 1.83. The zero-order valence-corrected chi connectivity index (χ0v) is 10.1. The van der Waals surface area contributed by atoms with Gasteiger partial charge in [-0.15, -0.1) is 0 Å². The van der Waals surface area contributed by atoms with Crippen molar-refractivity contribution < 1.29 is 5.11 Å². The van der Waals surface area contributed by atoms with Crippen LogP contribution >= 0.6 is 0 Å². The van der Waals surface area contributed by atoms with E-state index in [1.807, 2.05) is 26.0 Å². The predicted molar refractivity (Wildman–Crippen MR) is 68.6 cm³/mol. The van der Waals surface area contributed by atoms with E-state index in [9.17, 15) is 5.11 Å². The van der Waals surface area contributed by atoms with Crippen molar-refractivity contribution in [3.63, 3.8) is 0 Å². The third-order valence-corrected chi connectivity index (χ3v) is 3.05. The van der Waals surface area contributed by atoms with Crippen LogP contribution in [0.4, 0.5) is 0 Å². The molecule has 0 aromatic heterocycles. The van der Waals surface area contributed by atoms with E-state index in [-0.39, 0.29) is 0 Å². The Morgan fingerprint density at radius 3 is 2.19 bits per heavy atom. The van der Waals surface area contributed by atoms with Crippen LogP contribution in [-0.4, -0.2) is 5.11 Å². The van der Waals surface area contributed by atoms with Crippen LogP contribution < -0.4 is 0 Å². The van der Waals surface area contributed by atoms with Crippen molar-refractivity contribution in [2.75, 3.05) is 0 Å². The molecule has 0 heterocycles. The minimum atomic E-state index is -0.786. The van der Waals surface area contributed by atoms with Gasteiger partial charge in [0.05, 0.1) is 5.60 Å². The maximum Gasteiger partial charge on any atom is 0.0846 e. The molecule has 2 aromatic rings. The molecule has 0 fully saturated rings. The van der Waals surface area contributed by atoms with Gasteiger partial charge in [0.1, 0.15) is 0 Å². The summed E-state index contributed by atoms with van der Waals surface area (Å²) in [6.07, 6.45) is 1.02. The summed E-state index contributed by atoms with van der Waals surface area (Å²) in [5, 5.41) is 12.6. The molecule has 0 aliphatic rings. The van der Waals surface area contributed by atoms with Gasteiger partial charge in [-0.25, -0.2) is 0 Å². The van der Waals surface area contributed by atoms with Gasteiger partial charge in [0, 0.05) is 0 Å². The summed E-state index contributed by atoms with van der Waals surface area (Å²) in [6.45, 7) is 5.83. The van der Waals surface area contributed by atoms with Crippen LogP contribution in [0.1, 0.15) is 31.9 Å². The zero-order valence-electron chi connectivity index (χ0n) is 10.1. The molecule has 0 amide bonds. The maximum absolute atomic E-state index is 10.2. The Labute approximate surface area is 96.7 Å². The first-order valence-electron chi connectivity index (χ1n) is 5.77. The predicted octanol–water partition coefficient (Wildman–Crippen LogP) is 3.63. The second-order valence-electron chi connectivity index (χ2n) is 4.73. The van der Waals surface area contributed by atoms with Crippen molar-refractivity contribution >= 4 is 10.8 Å². The summed E-state index contributed by atoms with van der Waals surface area (Å²) >= 11 is 0. The van der Waals surface area contributed by atoms with Crippen LogP contribution in [0.25, 0.3) is 10.8 Å². The molecule has 2 rings (SSSR count). The first-order chi connectivity index (χ1) is 7.54. The largest absolute Gasteiger partial charge is 0.386 e. The molecule has 0 spiro atoms. The van der Waals surface area contributed by atoms with Gasteiger partial charge in [0.25, 0.3) is 0 Å². The highest BCUT2D eigenvalue weighted by atomic mass is 16.3. The fourth-order valence-electron chi connectivity index (χ4n) is 2.20. The number of aryl methyl sites for hydroxylation is 1. The van der Waals surface area contributed by atoms with Gasteiger partial charge in [0.15, 0.2) is 0 Å². The molecule has 0 aliphatic carbocycles. The van der Waals surface area contributed by atoms with Crippen LogP contribution in [0.2, 0.25) is 0 Å². The average Bonchev–Trinajstić information content (AvgIpc) is 2.26. The molecule has 0 radical (unpaired) electrons. The van der Waals surface area contributed by atoms with Crippen molar-refractivity contribution in [3.8, 4) is 0 Å². The van der Waals surface area contributed by atoms with Crippen LogP contribution in [-0.2, 0) is 12.0 Å². The van der Waals surface area contributed by atoms with Gasteiger partial charge in [-0.1, -0.05) is 43.3 Å². The van der Waals surface area contributed by atoms with Gasteiger partial charge < -0.3 is 5.11 Å². The molecule has 0 unspecified atom stereocenters.